The summed E-state index contributed by atoms with van der Waals surface area (Å²) in [7, 11) is -1.77. The summed E-state index contributed by atoms with van der Waals surface area (Å²) in [6.45, 7) is 15.2. The van der Waals surface area contributed by atoms with Gasteiger partial charge in [0.1, 0.15) is 5.22 Å². The van der Waals surface area contributed by atoms with Crippen LogP contribution in [-0.4, -0.2) is 18.4 Å². The quantitative estimate of drug-likeness (QED) is 0.260. The predicted octanol–water partition coefficient (Wildman–Crippen LogP) is 4.84. The summed E-state index contributed by atoms with van der Waals surface area (Å²) in [6.07, 6.45) is 4.50. The third-order valence-corrected chi connectivity index (χ3v) is 6.23. The number of rotatable bonds is 5. The molecule has 118 valence electrons. The normalized spacial score (nSPS) is 12.5. The molecule has 0 heterocycles. The van der Waals surface area contributed by atoms with Gasteiger partial charge in [-0.2, -0.15) is 6.92 Å². The molecule has 0 aromatic heterocycles. The van der Waals surface area contributed by atoms with E-state index in [9.17, 15) is 5.11 Å². The molecule has 0 saturated heterocycles. The first-order chi connectivity index (χ1) is 9.89. The van der Waals surface area contributed by atoms with E-state index in [1.165, 1.54) is 0 Å². The Labute approximate surface area is 151 Å². The zero-order valence-corrected chi connectivity index (χ0v) is 18.6. The van der Waals surface area contributed by atoms with Gasteiger partial charge < -0.3 is 12.0 Å². The van der Waals surface area contributed by atoms with Crippen LogP contribution in [0.25, 0.3) is 0 Å². The van der Waals surface area contributed by atoms with Gasteiger partial charge in [-0.3, -0.25) is 0 Å². The Hall–Kier alpha value is -0.680. The average Bonchev–Trinajstić information content (AvgIpc) is 2.47. The molecule has 0 unspecified atom stereocenters. The number of hydrogen-bond donors (Lipinski definition) is 1. The molecule has 0 radical (unpaired) electrons. The molecule has 3 heteroatoms. The topological polar surface area (TPSA) is 20.2 Å². The summed E-state index contributed by atoms with van der Waals surface area (Å²) in [5, 5.41) is 10.1. The van der Waals surface area contributed by atoms with E-state index >= 15 is 0 Å². The minimum Gasteiger partial charge on any atom is -0.381 e. The van der Waals surface area contributed by atoms with Crippen LogP contribution < -0.4 is 0 Å². The molecule has 1 N–H and O–H groups in total. The minimum absolute atomic E-state index is 0. The Morgan fingerprint density at radius 1 is 1.23 bits per heavy atom. The van der Waals surface area contributed by atoms with Crippen molar-refractivity contribution in [1.29, 1.82) is 0 Å². The first kappa shape index (κ1) is 23.6. The van der Waals surface area contributed by atoms with E-state index in [0.717, 1.165) is 24.8 Å². The molecule has 0 fully saturated rings. The third kappa shape index (κ3) is 8.09. The van der Waals surface area contributed by atoms with Gasteiger partial charge in [0.15, 0.2) is 0 Å². The van der Waals surface area contributed by atoms with Crippen molar-refractivity contribution in [2.45, 2.75) is 51.1 Å². The van der Waals surface area contributed by atoms with Gasteiger partial charge in [0.25, 0.3) is 0 Å². The van der Waals surface area contributed by atoms with Crippen LogP contribution >= 0.6 is 0 Å². The van der Waals surface area contributed by atoms with E-state index in [1.54, 1.807) is 6.92 Å². The van der Waals surface area contributed by atoms with Crippen LogP contribution in [0.1, 0.15) is 31.7 Å². The molecule has 0 spiro atoms. The number of benzene rings is 1. The third-order valence-electron chi connectivity index (χ3n) is 3.37. The molecule has 0 aliphatic rings. The molecule has 0 amide bonds. The van der Waals surface area contributed by atoms with Crippen LogP contribution in [0.5, 0.6) is 0 Å². The Morgan fingerprint density at radius 2 is 1.77 bits per heavy atom. The molecule has 0 aliphatic carbocycles. The van der Waals surface area contributed by atoms with E-state index < -0.39 is 13.3 Å². The molecule has 22 heavy (non-hydrogen) atoms. The van der Waals surface area contributed by atoms with Crippen molar-refractivity contribution in [2.75, 3.05) is 0 Å². The van der Waals surface area contributed by atoms with Crippen LogP contribution in [0.3, 0.4) is 0 Å². The molecular weight excluding hydrogens is 338 g/mol. The molecule has 1 aromatic rings. The van der Waals surface area contributed by atoms with E-state index in [-0.39, 0.29) is 19.5 Å². The van der Waals surface area contributed by atoms with E-state index in [0.29, 0.717) is 0 Å². The second-order valence-corrected chi connectivity index (χ2v) is 11.2. The summed E-state index contributed by atoms with van der Waals surface area (Å²) in [6, 6.07) is 9.85. The van der Waals surface area contributed by atoms with Crippen LogP contribution in [0.15, 0.2) is 43.0 Å². The van der Waals surface area contributed by atoms with Crippen LogP contribution in [0, 0.1) is 18.8 Å². The summed E-state index contributed by atoms with van der Waals surface area (Å²) in [5.41, 5.74) is 0.961. The number of hydrogen-bond acceptors (Lipinski definition) is 1. The summed E-state index contributed by atoms with van der Waals surface area (Å²) >= 11 is 0. The van der Waals surface area contributed by atoms with Gasteiger partial charge in [0.2, 0.25) is 0 Å². The maximum Gasteiger partial charge on any atom is 0.112 e. The maximum absolute atomic E-state index is 10.9. The van der Waals surface area contributed by atoms with Crippen molar-refractivity contribution >= 4 is 8.07 Å². The molecule has 1 atom stereocenters. The summed E-state index contributed by atoms with van der Waals surface area (Å²) in [5.74, 6) is 6.27. The zero-order valence-electron chi connectivity index (χ0n) is 14.7. The maximum atomic E-state index is 10.9. The van der Waals surface area contributed by atoms with E-state index in [2.05, 4.69) is 45.0 Å². The molecule has 0 bridgehead atoms. The average molecular weight is 367 g/mol. The monoisotopic (exact) mass is 365 g/mol. The number of aliphatic hydroxyl groups is 1. The Morgan fingerprint density at radius 3 is 2.23 bits per heavy atom. The molecule has 0 aliphatic heterocycles. The van der Waals surface area contributed by atoms with Gasteiger partial charge in [-0.15, -0.1) is 6.58 Å². The standard InChI is InChI=1S/C17H24OSi.C2H5.Zn/c1-5-6-10-14-17(18,19(2,3)4)15-13-16-11-8-7-9-12-16;1-2;/h5,7-9,11-12,18H,1,6,10,14H2,2-4H3;1H2,2H3;/q;-1;/t17-;;/m1../s1. The smallest absolute Gasteiger partial charge is 0.112 e. The Kier molecular flexibility index (Phi) is 12.7. The fraction of sp³-hybridized carbons (Fsp3) is 0.421. The molecule has 1 aromatic carbocycles. The van der Waals surface area contributed by atoms with Crippen molar-refractivity contribution < 1.29 is 24.6 Å². The molecule has 0 saturated carbocycles. The van der Waals surface area contributed by atoms with Crippen molar-refractivity contribution in [3.8, 4) is 11.8 Å². The zero-order chi connectivity index (χ0) is 16.4. The predicted molar refractivity (Wildman–Crippen MR) is 96.7 cm³/mol. The van der Waals surface area contributed by atoms with Gasteiger partial charge in [-0.1, -0.05) is 55.8 Å². The van der Waals surface area contributed by atoms with Crippen LogP contribution in [0.2, 0.25) is 19.6 Å². The Bertz CT molecular complexity index is 468. The minimum atomic E-state index is -1.77. The van der Waals surface area contributed by atoms with Gasteiger partial charge in [-0.25, -0.2) is 0 Å². The van der Waals surface area contributed by atoms with Gasteiger partial charge in [0, 0.05) is 25.0 Å². The molecule has 1 rings (SSSR count). The van der Waals surface area contributed by atoms with Crippen molar-refractivity contribution in [3.05, 3.63) is 55.5 Å². The largest absolute Gasteiger partial charge is 0.381 e. The van der Waals surface area contributed by atoms with Gasteiger partial charge in [0.05, 0.1) is 8.07 Å². The first-order valence-electron chi connectivity index (χ1n) is 7.51. The van der Waals surface area contributed by atoms with Crippen LogP contribution in [0.4, 0.5) is 0 Å². The van der Waals surface area contributed by atoms with Crippen molar-refractivity contribution in [3.63, 3.8) is 0 Å². The van der Waals surface area contributed by atoms with Crippen molar-refractivity contribution in [1.82, 2.24) is 0 Å². The second-order valence-electron chi connectivity index (χ2n) is 5.91. The Balaban J connectivity index is 0. The van der Waals surface area contributed by atoms with Gasteiger partial charge >= 0.3 is 0 Å². The first-order valence-corrected chi connectivity index (χ1v) is 11.0. The summed E-state index contributed by atoms with van der Waals surface area (Å²) in [4.78, 5) is 0. The summed E-state index contributed by atoms with van der Waals surface area (Å²) < 4.78 is 0. The molecular formula is C19H29OSiZn-. The molecule has 1 nitrogen and oxygen atoms in total. The van der Waals surface area contributed by atoms with E-state index in [1.807, 2.05) is 36.4 Å². The SMILES string of the molecule is C=CCCC[C@](O)(C#Cc1ccccc1)[Si](C)(C)C.[CH2-]C.[Zn]. The van der Waals surface area contributed by atoms with Crippen LogP contribution in [-0.2, 0) is 19.5 Å². The van der Waals surface area contributed by atoms with E-state index in [4.69, 9.17) is 0 Å². The number of allylic oxidation sites excluding steroid dienone is 1. The van der Waals surface area contributed by atoms with Crippen molar-refractivity contribution in [2.24, 2.45) is 0 Å². The number of unbranched alkanes of at least 4 members (excludes halogenated alkanes) is 1. The fourth-order valence-electron chi connectivity index (χ4n) is 1.82. The fourth-order valence-corrected chi connectivity index (χ4v) is 3.19. The second kappa shape index (κ2) is 11.8. The van der Waals surface area contributed by atoms with Gasteiger partial charge in [-0.05, 0) is 31.4 Å².